The van der Waals surface area contributed by atoms with Gasteiger partial charge < -0.3 is 14.8 Å². The molecule has 1 aliphatic heterocycles. The zero-order valence-electron chi connectivity index (χ0n) is 21.7. The second-order valence-electron chi connectivity index (χ2n) is 9.21. The standard InChI is InChI=1S/C28H32ClN3O5S/c1-19-4-10-24(28(33)30-15-12-20-5-11-25(36-2)26(18-20)37-3)27(31-19)21-13-16-32(17-14-21)38(34,35)23-8-6-22(29)7-9-23/h4-11,18,21H,12-17H2,1-3H3,(H,30,33). The van der Waals surface area contributed by atoms with E-state index in [1.165, 1.54) is 16.4 Å². The van der Waals surface area contributed by atoms with Crippen molar-refractivity contribution in [3.05, 3.63) is 82.1 Å². The SMILES string of the molecule is COc1ccc(CCNC(=O)c2ccc(C)nc2C2CCN(S(=O)(=O)c3ccc(Cl)cc3)CC2)cc1OC. The fraction of sp³-hybridized carbons (Fsp3) is 0.357. The molecule has 4 rings (SSSR count). The minimum Gasteiger partial charge on any atom is -0.493 e. The number of hydrogen-bond donors (Lipinski definition) is 1. The lowest BCUT2D eigenvalue weighted by Crippen LogP contribution is -2.38. The van der Waals surface area contributed by atoms with Crippen LogP contribution >= 0.6 is 11.6 Å². The van der Waals surface area contributed by atoms with Gasteiger partial charge in [-0.05, 0) is 80.3 Å². The third-order valence-electron chi connectivity index (χ3n) is 6.75. The zero-order chi connectivity index (χ0) is 27.3. The molecule has 0 bridgehead atoms. The number of nitrogens with zero attached hydrogens (tertiary/aromatic N) is 2. The molecule has 1 saturated heterocycles. The molecule has 0 unspecified atom stereocenters. The van der Waals surface area contributed by atoms with Gasteiger partial charge in [-0.1, -0.05) is 17.7 Å². The zero-order valence-corrected chi connectivity index (χ0v) is 23.3. The second kappa shape index (κ2) is 12.1. The smallest absolute Gasteiger partial charge is 0.253 e. The van der Waals surface area contributed by atoms with E-state index in [2.05, 4.69) is 5.32 Å². The van der Waals surface area contributed by atoms with Crippen LogP contribution in [0, 0.1) is 6.92 Å². The molecule has 0 atom stereocenters. The average molecular weight is 558 g/mol. The third kappa shape index (κ3) is 6.28. The lowest BCUT2D eigenvalue weighted by molar-refractivity contribution is 0.0951. The van der Waals surface area contributed by atoms with Crippen LogP contribution in [0.5, 0.6) is 11.5 Å². The van der Waals surface area contributed by atoms with Gasteiger partial charge in [-0.2, -0.15) is 4.31 Å². The Bertz CT molecular complexity index is 1390. The lowest BCUT2D eigenvalue weighted by atomic mass is 9.90. The Labute approximate surface area is 229 Å². The number of amides is 1. The Morgan fingerprint density at radius 3 is 2.37 bits per heavy atom. The van der Waals surface area contributed by atoms with Gasteiger partial charge in [-0.15, -0.1) is 0 Å². The van der Waals surface area contributed by atoms with Gasteiger partial charge in [-0.3, -0.25) is 9.78 Å². The summed E-state index contributed by atoms with van der Waals surface area (Å²) in [5.41, 5.74) is 3.08. The van der Waals surface area contributed by atoms with Crippen LogP contribution in [0.25, 0.3) is 0 Å². The molecule has 1 aromatic heterocycles. The molecule has 0 saturated carbocycles. The van der Waals surface area contributed by atoms with Crippen molar-refractivity contribution in [2.75, 3.05) is 33.9 Å². The Balaban J connectivity index is 1.41. The third-order valence-corrected chi connectivity index (χ3v) is 8.91. The molecule has 8 nitrogen and oxygen atoms in total. The number of aromatic nitrogens is 1. The highest BCUT2D eigenvalue weighted by Gasteiger charge is 2.32. The molecule has 0 spiro atoms. The Kier molecular flexibility index (Phi) is 8.91. The predicted molar refractivity (Wildman–Crippen MR) is 147 cm³/mol. The van der Waals surface area contributed by atoms with Crippen molar-refractivity contribution in [1.29, 1.82) is 0 Å². The molecule has 1 fully saturated rings. The van der Waals surface area contributed by atoms with Gasteiger partial charge in [0.1, 0.15) is 0 Å². The number of halogens is 1. The minimum absolute atomic E-state index is 0.0156. The van der Waals surface area contributed by atoms with Crippen LogP contribution in [0.3, 0.4) is 0 Å². The van der Waals surface area contributed by atoms with Crippen molar-refractivity contribution in [3.63, 3.8) is 0 Å². The molecule has 2 aromatic carbocycles. The summed E-state index contributed by atoms with van der Waals surface area (Å²) < 4.78 is 38.3. The van der Waals surface area contributed by atoms with E-state index in [0.717, 1.165) is 17.0 Å². The molecule has 1 N–H and O–H groups in total. The fourth-order valence-electron chi connectivity index (χ4n) is 4.66. The number of sulfonamides is 1. The summed E-state index contributed by atoms with van der Waals surface area (Å²) in [6.07, 6.45) is 1.78. The molecule has 202 valence electrons. The van der Waals surface area contributed by atoms with E-state index in [1.807, 2.05) is 31.2 Å². The van der Waals surface area contributed by atoms with Gasteiger partial charge >= 0.3 is 0 Å². The van der Waals surface area contributed by atoms with Crippen LogP contribution in [0.2, 0.25) is 5.02 Å². The van der Waals surface area contributed by atoms with E-state index < -0.39 is 10.0 Å². The number of benzene rings is 2. The van der Waals surface area contributed by atoms with Crippen molar-refractivity contribution < 1.29 is 22.7 Å². The molecular formula is C28H32ClN3O5S. The molecule has 3 aromatic rings. The highest BCUT2D eigenvalue weighted by Crippen LogP contribution is 2.32. The summed E-state index contributed by atoms with van der Waals surface area (Å²) in [7, 11) is -0.428. The van der Waals surface area contributed by atoms with E-state index in [-0.39, 0.29) is 16.7 Å². The Morgan fingerprint density at radius 2 is 1.71 bits per heavy atom. The van der Waals surface area contributed by atoms with Gasteiger partial charge in [0.05, 0.1) is 30.4 Å². The maximum absolute atomic E-state index is 13.2. The average Bonchev–Trinajstić information content (AvgIpc) is 2.93. The van der Waals surface area contributed by atoms with E-state index >= 15 is 0 Å². The summed E-state index contributed by atoms with van der Waals surface area (Å²) >= 11 is 5.92. The highest BCUT2D eigenvalue weighted by molar-refractivity contribution is 7.89. The highest BCUT2D eigenvalue weighted by atomic mass is 35.5. The summed E-state index contributed by atoms with van der Waals surface area (Å²) in [5, 5.41) is 3.49. The van der Waals surface area contributed by atoms with Crippen molar-refractivity contribution in [1.82, 2.24) is 14.6 Å². The van der Waals surface area contributed by atoms with E-state index in [4.69, 9.17) is 26.1 Å². The molecule has 0 radical (unpaired) electrons. The fourth-order valence-corrected chi connectivity index (χ4v) is 6.25. The van der Waals surface area contributed by atoms with Crippen molar-refractivity contribution in [3.8, 4) is 11.5 Å². The first-order chi connectivity index (χ1) is 18.2. The molecule has 1 amide bonds. The normalized spacial score (nSPS) is 14.7. The number of hydrogen-bond acceptors (Lipinski definition) is 6. The largest absolute Gasteiger partial charge is 0.493 e. The first kappa shape index (κ1) is 27.9. The van der Waals surface area contributed by atoms with Crippen molar-refractivity contribution in [2.24, 2.45) is 0 Å². The summed E-state index contributed by atoms with van der Waals surface area (Å²) in [6.45, 7) is 3.04. The number of methoxy groups -OCH3 is 2. The molecular weight excluding hydrogens is 526 g/mol. The van der Waals surface area contributed by atoms with Crippen molar-refractivity contribution >= 4 is 27.5 Å². The van der Waals surface area contributed by atoms with Crippen LogP contribution in [0.4, 0.5) is 0 Å². The van der Waals surface area contributed by atoms with Gasteiger partial charge in [0.25, 0.3) is 5.91 Å². The lowest BCUT2D eigenvalue weighted by Gasteiger charge is -2.31. The van der Waals surface area contributed by atoms with E-state index in [9.17, 15) is 13.2 Å². The van der Waals surface area contributed by atoms with Gasteiger partial charge in [0.2, 0.25) is 10.0 Å². The van der Waals surface area contributed by atoms with Crippen LogP contribution in [-0.4, -0.2) is 57.5 Å². The molecule has 10 heteroatoms. The number of pyridine rings is 1. The van der Waals surface area contributed by atoms with Crippen molar-refractivity contribution in [2.45, 2.75) is 37.0 Å². The maximum atomic E-state index is 13.2. The monoisotopic (exact) mass is 557 g/mol. The number of carbonyl (C=O) groups is 1. The number of ether oxygens (including phenoxy) is 2. The first-order valence-electron chi connectivity index (χ1n) is 12.4. The Hall–Kier alpha value is -3.14. The van der Waals surface area contributed by atoms with Crippen LogP contribution in [0.1, 0.15) is 46.1 Å². The number of aryl methyl sites for hydroxylation is 1. The van der Waals surface area contributed by atoms with Crippen LogP contribution in [-0.2, 0) is 16.4 Å². The molecule has 2 heterocycles. The predicted octanol–water partition coefficient (Wildman–Crippen LogP) is 4.60. The van der Waals surface area contributed by atoms with E-state index in [1.54, 1.807) is 32.4 Å². The summed E-state index contributed by atoms with van der Waals surface area (Å²) in [6, 6.07) is 15.5. The van der Waals surface area contributed by atoms with Crippen LogP contribution < -0.4 is 14.8 Å². The van der Waals surface area contributed by atoms with E-state index in [0.29, 0.717) is 61.0 Å². The molecule has 1 aliphatic rings. The quantitative estimate of drug-likeness (QED) is 0.413. The first-order valence-corrected chi connectivity index (χ1v) is 14.3. The number of piperidine rings is 1. The number of carbonyl (C=O) groups excluding carboxylic acids is 1. The Morgan fingerprint density at radius 1 is 1.03 bits per heavy atom. The summed E-state index contributed by atoms with van der Waals surface area (Å²) in [4.78, 5) is 18.1. The maximum Gasteiger partial charge on any atom is 0.253 e. The van der Waals surface area contributed by atoms with Gasteiger partial charge in [0, 0.05) is 36.3 Å². The second-order valence-corrected chi connectivity index (χ2v) is 11.6. The summed E-state index contributed by atoms with van der Waals surface area (Å²) in [5.74, 6) is 1.09. The van der Waals surface area contributed by atoms with Crippen LogP contribution in [0.15, 0.2) is 59.5 Å². The molecule has 38 heavy (non-hydrogen) atoms. The number of rotatable bonds is 9. The molecule has 0 aliphatic carbocycles. The topological polar surface area (TPSA) is 97.8 Å². The minimum atomic E-state index is -3.61. The van der Waals surface area contributed by atoms with Gasteiger partial charge in [0.15, 0.2) is 11.5 Å². The van der Waals surface area contributed by atoms with Gasteiger partial charge in [-0.25, -0.2) is 8.42 Å². The number of nitrogens with one attached hydrogen (secondary N) is 1.